The van der Waals surface area contributed by atoms with Crippen LogP contribution in [0.25, 0.3) is 0 Å². The number of hydrogen-bond donors (Lipinski definition) is 2. The highest BCUT2D eigenvalue weighted by Gasteiger charge is 2.23. The third-order valence-electron chi connectivity index (χ3n) is 4.08. The van der Waals surface area contributed by atoms with E-state index in [9.17, 15) is 4.79 Å². The van der Waals surface area contributed by atoms with Gasteiger partial charge in [0.05, 0.1) is 6.10 Å². The Hall–Kier alpha value is -0.810. The SMILES string of the molecule is NC[C@H](CC1CCCCO1)NC(=O)N1CCCCC1. The van der Waals surface area contributed by atoms with Crippen LogP contribution in [0.3, 0.4) is 0 Å². The molecule has 2 heterocycles. The molecule has 3 N–H and O–H groups in total. The van der Waals surface area contributed by atoms with E-state index in [0.29, 0.717) is 6.54 Å². The number of carbonyl (C=O) groups excluding carboxylic acids is 1. The van der Waals surface area contributed by atoms with E-state index in [2.05, 4.69) is 5.32 Å². The van der Waals surface area contributed by atoms with Gasteiger partial charge in [0.1, 0.15) is 0 Å². The number of amides is 2. The second-order valence-corrected chi connectivity index (χ2v) is 5.65. The smallest absolute Gasteiger partial charge is 0.317 e. The zero-order valence-corrected chi connectivity index (χ0v) is 11.8. The number of urea groups is 1. The van der Waals surface area contributed by atoms with E-state index >= 15 is 0 Å². The van der Waals surface area contributed by atoms with Crippen molar-refractivity contribution in [2.75, 3.05) is 26.2 Å². The molecule has 2 atom stereocenters. The summed E-state index contributed by atoms with van der Waals surface area (Å²) in [6, 6.07) is 0.0866. The van der Waals surface area contributed by atoms with Gasteiger partial charge in [-0.25, -0.2) is 4.79 Å². The maximum absolute atomic E-state index is 12.1. The number of nitrogens with one attached hydrogen (secondary N) is 1. The van der Waals surface area contributed by atoms with Crippen molar-refractivity contribution < 1.29 is 9.53 Å². The summed E-state index contributed by atoms with van der Waals surface area (Å²) in [5.41, 5.74) is 5.78. The molecule has 0 aliphatic carbocycles. The Morgan fingerprint density at radius 3 is 2.68 bits per heavy atom. The molecule has 110 valence electrons. The van der Waals surface area contributed by atoms with E-state index in [0.717, 1.165) is 51.8 Å². The molecule has 2 aliphatic heterocycles. The Bertz CT molecular complexity index is 274. The number of hydrogen-bond acceptors (Lipinski definition) is 3. The van der Waals surface area contributed by atoms with Gasteiger partial charge in [-0.05, 0) is 44.9 Å². The van der Waals surface area contributed by atoms with Crippen LogP contribution in [0.5, 0.6) is 0 Å². The first-order valence-corrected chi connectivity index (χ1v) is 7.66. The van der Waals surface area contributed by atoms with Gasteiger partial charge in [0, 0.05) is 32.3 Å². The highest BCUT2D eigenvalue weighted by Crippen LogP contribution is 2.17. The van der Waals surface area contributed by atoms with Crippen LogP contribution in [0.2, 0.25) is 0 Å². The molecule has 19 heavy (non-hydrogen) atoms. The van der Waals surface area contributed by atoms with E-state index in [1.165, 1.54) is 12.8 Å². The summed E-state index contributed by atoms with van der Waals surface area (Å²) >= 11 is 0. The largest absolute Gasteiger partial charge is 0.378 e. The van der Waals surface area contributed by atoms with Crippen molar-refractivity contribution in [3.05, 3.63) is 0 Å². The van der Waals surface area contributed by atoms with Crippen LogP contribution in [0.4, 0.5) is 4.79 Å². The molecule has 0 aromatic carbocycles. The van der Waals surface area contributed by atoms with Gasteiger partial charge < -0.3 is 20.7 Å². The molecule has 2 amide bonds. The first-order chi connectivity index (χ1) is 9.29. The number of ether oxygens (including phenoxy) is 1. The molecule has 5 nitrogen and oxygen atoms in total. The third kappa shape index (κ3) is 4.66. The van der Waals surface area contributed by atoms with Crippen molar-refractivity contribution in [2.24, 2.45) is 5.73 Å². The van der Waals surface area contributed by atoms with Crippen molar-refractivity contribution in [3.8, 4) is 0 Å². The number of likely N-dealkylation sites (tertiary alicyclic amines) is 1. The van der Waals surface area contributed by atoms with Gasteiger partial charge in [-0.15, -0.1) is 0 Å². The summed E-state index contributed by atoms with van der Waals surface area (Å²) in [7, 11) is 0. The lowest BCUT2D eigenvalue weighted by Gasteiger charge is -2.31. The van der Waals surface area contributed by atoms with Gasteiger partial charge in [0.2, 0.25) is 0 Å². The highest BCUT2D eigenvalue weighted by atomic mass is 16.5. The molecule has 5 heteroatoms. The fourth-order valence-corrected chi connectivity index (χ4v) is 2.89. The summed E-state index contributed by atoms with van der Waals surface area (Å²) in [4.78, 5) is 14.0. The molecule has 0 bridgehead atoms. The number of rotatable bonds is 4. The monoisotopic (exact) mass is 269 g/mol. The topological polar surface area (TPSA) is 67.6 Å². The first-order valence-electron chi connectivity index (χ1n) is 7.66. The van der Waals surface area contributed by atoms with Gasteiger partial charge in [-0.3, -0.25) is 0 Å². The molecule has 0 aromatic rings. The summed E-state index contributed by atoms with van der Waals surface area (Å²) in [5, 5.41) is 3.07. The van der Waals surface area contributed by atoms with Crippen LogP contribution in [0.1, 0.15) is 44.9 Å². The minimum absolute atomic E-state index is 0.0394. The predicted molar refractivity (Wildman–Crippen MR) is 75.0 cm³/mol. The molecule has 2 saturated heterocycles. The molecular weight excluding hydrogens is 242 g/mol. The standard InChI is InChI=1S/C14H27N3O2/c15-11-12(10-13-6-2-5-9-19-13)16-14(18)17-7-3-1-4-8-17/h12-13H,1-11,15H2,(H,16,18)/t12-,13?/m0/s1. The van der Waals surface area contributed by atoms with E-state index in [1.54, 1.807) is 0 Å². The lowest BCUT2D eigenvalue weighted by Crippen LogP contribution is -2.50. The Morgan fingerprint density at radius 2 is 2.05 bits per heavy atom. The van der Waals surface area contributed by atoms with Crippen molar-refractivity contribution in [2.45, 2.75) is 57.1 Å². The molecule has 2 rings (SSSR count). The van der Waals surface area contributed by atoms with Crippen LogP contribution in [-0.4, -0.2) is 49.3 Å². The Kier molecular flexibility index (Phi) is 5.92. The number of carbonyl (C=O) groups is 1. The molecular formula is C14H27N3O2. The van der Waals surface area contributed by atoms with Gasteiger partial charge in [0.15, 0.2) is 0 Å². The van der Waals surface area contributed by atoms with Gasteiger partial charge in [-0.1, -0.05) is 0 Å². The molecule has 1 unspecified atom stereocenters. The summed E-state index contributed by atoms with van der Waals surface area (Å²) in [6.45, 7) is 3.09. The first kappa shape index (κ1) is 14.6. The molecule has 2 fully saturated rings. The predicted octanol–water partition coefficient (Wildman–Crippen LogP) is 1.47. The van der Waals surface area contributed by atoms with Crippen LogP contribution in [-0.2, 0) is 4.74 Å². The number of nitrogens with two attached hydrogens (primary N) is 1. The fourth-order valence-electron chi connectivity index (χ4n) is 2.89. The molecule has 0 aromatic heterocycles. The number of piperidine rings is 1. The maximum Gasteiger partial charge on any atom is 0.317 e. The summed E-state index contributed by atoms with van der Waals surface area (Å²) < 4.78 is 5.72. The van der Waals surface area contributed by atoms with E-state index < -0.39 is 0 Å². The lowest BCUT2D eigenvalue weighted by molar-refractivity contribution is 0.00611. The average Bonchev–Trinajstić information content (AvgIpc) is 2.48. The van der Waals surface area contributed by atoms with E-state index in [-0.39, 0.29) is 18.2 Å². The quantitative estimate of drug-likeness (QED) is 0.812. The summed E-state index contributed by atoms with van der Waals surface area (Å²) in [6.07, 6.45) is 8.06. The lowest BCUT2D eigenvalue weighted by atomic mass is 10.0. The van der Waals surface area contributed by atoms with Gasteiger partial charge >= 0.3 is 6.03 Å². The molecule has 2 aliphatic rings. The maximum atomic E-state index is 12.1. The van der Waals surface area contributed by atoms with Crippen LogP contribution >= 0.6 is 0 Å². The Morgan fingerprint density at radius 1 is 1.26 bits per heavy atom. The van der Waals surface area contributed by atoms with E-state index in [1.807, 2.05) is 4.90 Å². The van der Waals surface area contributed by atoms with E-state index in [4.69, 9.17) is 10.5 Å². The van der Waals surface area contributed by atoms with Gasteiger partial charge in [-0.2, -0.15) is 0 Å². The third-order valence-corrected chi connectivity index (χ3v) is 4.08. The highest BCUT2D eigenvalue weighted by molar-refractivity contribution is 5.74. The number of nitrogens with zero attached hydrogens (tertiary/aromatic N) is 1. The average molecular weight is 269 g/mol. The minimum Gasteiger partial charge on any atom is -0.378 e. The summed E-state index contributed by atoms with van der Waals surface area (Å²) in [5.74, 6) is 0. The second-order valence-electron chi connectivity index (χ2n) is 5.65. The van der Waals surface area contributed by atoms with Gasteiger partial charge in [0.25, 0.3) is 0 Å². The van der Waals surface area contributed by atoms with Crippen molar-refractivity contribution in [1.29, 1.82) is 0 Å². The van der Waals surface area contributed by atoms with Crippen LogP contribution in [0.15, 0.2) is 0 Å². The zero-order chi connectivity index (χ0) is 13.5. The fraction of sp³-hybridized carbons (Fsp3) is 0.929. The molecule has 0 spiro atoms. The van der Waals surface area contributed by atoms with Crippen LogP contribution < -0.4 is 11.1 Å². The minimum atomic E-state index is 0.0394. The van der Waals surface area contributed by atoms with Crippen LogP contribution in [0, 0.1) is 0 Å². The Balaban J connectivity index is 1.75. The molecule has 0 saturated carbocycles. The van der Waals surface area contributed by atoms with Crippen molar-refractivity contribution >= 4 is 6.03 Å². The molecule has 0 radical (unpaired) electrons. The Labute approximate surface area is 115 Å². The van der Waals surface area contributed by atoms with Crippen molar-refractivity contribution in [3.63, 3.8) is 0 Å². The zero-order valence-electron chi connectivity index (χ0n) is 11.8. The normalized spacial score (nSPS) is 25.9. The van der Waals surface area contributed by atoms with Crippen molar-refractivity contribution in [1.82, 2.24) is 10.2 Å². The second kappa shape index (κ2) is 7.70.